The van der Waals surface area contributed by atoms with E-state index < -0.39 is 0 Å². The van der Waals surface area contributed by atoms with Gasteiger partial charge in [-0.2, -0.15) is 0 Å². The number of rotatable bonds is 8. The molecule has 166 valence electrons. The van der Waals surface area contributed by atoms with Crippen molar-refractivity contribution < 1.29 is 19.1 Å². The van der Waals surface area contributed by atoms with E-state index in [0.717, 1.165) is 25.7 Å². The number of hydrogen-bond acceptors (Lipinski definition) is 4. The van der Waals surface area contributed by atoms with Crippen LogP contribution in [0.15, 0.2) is 48.5 Å². The highest BCUT2D eigenvalue weighted by molar-refractivity contribution is 6.05. The van der Waals surface area contributed by atoms with Crippen molar-refractivity contribution >= 4 is 17.5 Å². The zero-order valence-electron chi connectivity index (χ0n) is 18.6. The van der Waals surface area contributed by atoms with Crippen molar-refractivity contribution in [3.63, 3.8) is 0 Å². The largest absolute Gasteiger partial charge is 0.491 e. The van der Waals surface area contributed by atoms with Crippen molar-refractivity contribution in [1.82, 2.24) is 4.90 Å². The van der Waals surface area contributed by atoms with Gasteiger partial charge in [0.25, 0.3) is 11.8 Å². The van der Waals surface area contributed by atoms with Crippen LogP contribution in [0.25, 0.3) is 0 Å². The lowest BCUT2D eigenvalue weighted by Crippen LogP contribution is -2.49. The molecule has 0 aromatic heterocycles. The van der Waals surface area contributed by atoms with Gasteiger partial charge >= 0.3 is 0 Å². The van der Waals surface area contributed by atoms with E-state index >= 15 is 0 Å². The summed E-state index contributed by atoms with van der Waals surface area (Å²) in [5, 5.41) is 2.89. The van der Waals surface area contributed by atoms with Crippen LogP contribution in [0.2, 0.25) is 0 Å². The monoisotopic (exact) mass is 424 g/mol. The number of piperidine rings is 1. The Morgan fingerprint density at radius 1 is 1.00 bits per heavy atom. The summed E-state index contributed by atoms with van der Waals surface area (Å²) in [6.45, 7) is 6.81. The SMILES string of the molecule is CCCOc1ccccc1NC(=O)c1ccc(OCC(=O)N2C(C)CCCC2C)cc1. The molecule has 1 heterocycles. The van der Waals surface area contributed by atoms with Crippen molar-refractivity contribution in [2.45, 2.75) is 58.5 Å². The molecule has 1 saturated heterocycles. The average Bonchev–Trinajstić information content (AvgIpc) is 2.77. The van der Waals surface area contributed by atoms with Gasteiger partial charge in [-0.1, -0.05) is 19.1 Å². The van der Waals surface area contributed by atoms with Crippen LogP contribution in [0, 0.1) is 0 Å². The van der Waals surface area contributed by atoms with E-state index in [1.165, 1.54) is 0 Å². The number of anilines is 1. The Morgan fingerprint density at radius 2 is 1.68 bits per heavy atom. The van der Waals surface area contributed by atoms with Crippen LogP contribution < -0.4 is 14.8 Å². The Balaban J connectivity index is 1.56. The molecule has 2 unspecified atom stereocenters. The minimum absolute atomic E-state index is 0.00235. The molecular formula is C25H32N2O4. The first-order valence-electron chi connectivity index (χ1n) is 11.1. The number of amides is 2. The number of carbonyl (C=O) groups is 2. The molecule has 1 aliphatic rings. The Hall–Kier alpha value is -3.02. The fraction of sp³-hybridized carbons (Fsp3) is 0.440. The molecule has 6 heteroatoms. The summed E-state index contributed by atoms with van der Waals surface area (Å²) in [6, 6.07) is 14.7. The van der Waals surface area contributed by atoms with E-state index in [0.29, 0.717) is 29.4 Å². The molecule has 3 rings (SSSR count). The molecule has 2 aromatic rings. The van der Waals surface area contributed by atoms with Crippen molar-refractivity contribution in [2.75, 3.05) is 18.5 Å². The summed E-state index contributed by atoms with van der Waals surface area (Å²) in [6.07, 6.45) is 4.12. The summed E-state index contributed by atoms with van der Waals surface area (Å²) in [7, 11) is 0. The molecule has 2 amide bonds. The third-order valence-electron chi connectivity index (χ3n) is 5.56. The minimum Gasteiger partial charge on any atom is -0.491 e. The second-order valence-electron chi connectivity index (χ2n) is 8.04. The highest BCUT2D eigenvalue weighted by Crippen LogP contribution is 2.25. The Labute approximate surface area is 184 Å². The lowest BCUT2D eigenvalue weighted by Gasteiger charge is -2.38. The van der Waals surface area contributed by atoms with Crippen molar-refractivity contribution in [2.24, 2.45) is 0 Å². The molecule has 31 heavy (non-hydrogen) atoms. The number of carbonyl (C=O) groups excluding carboxylic acids is 2. The van der Waals surface area contributed by atoms with Gasteiger partial charge in [0.2, 0.25) is 0 Å². The third kappa shape index (κ3) is 6.00. The Kier molecular flexibility index (Phi) is 7.93. The van der Waals surface area contributed by atoms with Gasteiger partial charge in [0.1, 0.15) is 11.5 Å². The standard InChI is InChI=1S/C25H32N2O4/c1-4-16-30-23-11-6-5-10-22(23)26-25(29)20-12-14-21(15-13-20)31-17-24(28)27-18(2)8-7-9-19(27)3/h5-6,10-15,18-19H,4,7-9,16-17H2,1-3H3,(H,26,29). The van der Waals surface area contributed by atoms with Gasteiger partial charge in [-0.25, -0.2) is 0 Å². The summed E-state index contributed by atoms with van der Waals surface area (Å²) >= 11 is 0. The molecule has 1 N–H and O–H groups in total. The van der Waals surface area contributed by atoms with E-state index in [1.54, 1.807) is 24.3 Å². The van der Waals surface area contributed by atoms with E-state index in [2.05, 4.69) is 19.2 Å². The predicted octanol–water partition coefficient (Wildman–Crippen LogP) is 4.90. The molecule has 1 fully saturated rings. The summed E-state index contributed by atoms with van der Waals surface area (Å²) in [4.78, 5) is 27.2. The summed E-state index contributed by atoms with van der Waals surface area (Å²) in [5.74, 6) is 0.988. The van der Waals surface area contributed by atoms with Gasteiger partial charge in [-0.3, -0.25) is 9.59 Å². The van der Waals surface area contributed by atoms with Gasteiger partial charge < -0.3 is 19.7 Å². The van der Waals surface area contributed by atoms with E-state index in [-0.39, 0.29) is 30.5 Å². The van der Waals surface area contributed by atoms with Crippen molar-refractivity contribution in [1.29, 1.82) is 0 Å². The summed E-state index contributed by atoms with van der Waals surface area (Å²) in [5.41, 5.74) is 1.14. The van der Waals surface area contributed by atoms with Crippen LogP contribution in [0.3, 0.4) is 0 Å². The van der Waals surface area contributed by atoms with Gasteiger partial charge in [-0.05, 0) is 75.9 Å². The molecule has 2 atom stereocenters. The van der Waals surface area contributed by atoms with Gasteiger partial charge in [0.15, 0.2) is 6.61 Å². The molecule has 0 aliphatic carbocycles. The molecule has 0 bridgehead atoms. The first kappa shape index (κ1) is 22.7. The number of nitrogens with one attached hydrogen (secondary N) is 1. The number of hydrogen-bond donors (Lipinski definition) is 1. The molecule has 2 aromatic carbocycles. The lowest BCUT2D eigenvalue weighted by molar-refractivity contribution is -0.139. The number of nitrogens with zero attached hydrogens (tertiary/aromatic N) is 1. The first-order chi connectivity index (χ1) is 15.0. The van der Waals surface area contributed by atoms with E-state index in [9.17, 15) is 9.59 Å². The highest BCUT2D eigenvalue weighted by Gasteiger charge is 2.28. The maximum Gasteiger partial charge on any atom is 0.260 e. The van der Waals surface area contributed by atoms with Crippen LogP contribution in [-0.4, -0.2) is 42.0 Å². The average molecular weight is 425 g/mol. The fourth-order valence-corrected chi connectivity index (χ4v) is 3.94. The zero-order chi connectivity index (χ0) is 22.2. The van der Waals surface area contributed by atoms with Crippen LogP contribution in [-0.2, 0) is 4.79 Å². The van der Waals surface area contributed by atoms with Crippen LogP contribution in [0.5, 0.6) is 11.5 Å². The number of para-hydroxylation sites is 2. The van der Waals surface area contributed by atoms with Gasteiger partial charge in [0, 0.05) is 17.6 Å². The van der Waals surface area contributed by atoms with Gasteiger partial charge in [0.05, 0.1) is 12.3 Å². The highest BCUT2D eigenvalue weighted by atomic mass is 16.5. The van der Waals surface area contributed by atoms with E-state index in [4.69, 9.17) is 9.47 Å². The normalized spacial score (nSPS) is 18.4. The predicted molar refractivity (Wildman–Crippen MR) is 122 cm³/mol. The van der Waals surface area contributed by atoms with Crippen LogP contribution in [0.4, 0.5) is 5.69 Å². The number of ether oxygens (including phenoxy) is 2. The minimum atomic E-state index is -0.230. The van der Waals surface area contributed by atoms with Crippen LogP contribution >= 0.6 is 0 Å². The molecular weight excluding hydrogens is 392 g/mol. The van der Waals surface area contributed by atoms with Crippen LogP contribution in [0.1, 0.15) is 56.8 Å². The Bertz CT molecular complexity index is 871. The van der Waals surface area contributed by atoms with Crippen molar-refractivity contribution in [3.8, 4) is 11.5 Å². The third-order valence-corrected chi connectivity index (χ3v) is 5.56. The topological polar surface area (TPSA) is 67.9 Å². The maximum absolute atomic E-state index is 12.6. The smallest absolute Gasteiger partial charge is 0.260 e. The lowest BCUT2D eigenvalue weighted by atomic mass is 9.97. The van der Waals surface area contributed by atoms with Crippen molar-refractivity contribution in [3.05, 3.63) is 54.1 Å². The second-order valence-corrected chi connectivity index (χ2v) is 8.04. The maximum atomic E-state index is 12.6. The number of benzene rings is 2. The zero-order valence-corrected chi connectivity index (χ0v) is 18.6. The first-order valence-corrected chi connectivity index (χ1v) is 11.1. The van der Waals surface area contributed by atoms with Gasteiger partial charge in [-0.15, -0.1) is 0 Å². The number of likely N-dealkylation sites (tertiary alicyclic amines) is 1. The molecule has 6 nitrogen and oxygen atoms in total. The fourth-order valence-electron chi connectivity index (χ4n) is 3.94. The molecule has 1 aliphatic heterocycles. The quantitative estimate of drug-likeness (QED) is 0.655. The molecule has 0 radical (unpaired) electrons. The second kappa shape index (κ2) is 10.8. The molecule has 0 spiro atoms. The Morgan fingerprint density at radius 3 is 2.35 bits per heavy atom. The molecule has 0 saturated carbocycles. The van der Waals surface area contributed by atoms with E-state index in [1.807, 2.05) is 36.1 Å². The summed E-state index contributed by atoms with van der Waals surface area (Å²) < 4.78 is 11.4.